The summed E-state index contributed by atoms with van der Waals surface area (Å²) >= 11 is 0. The van der Waals surface area contributed by atoms with E-state index in [1.54, 1.807) is 7.11 Å². The number of methoxy groups -OCH3 is 1. The van der Waals surface area contributed by atoms with E-state index in [0.29, 0.717) is 6.42 Å². The van der Waals surface area contributed by atoms with Gasteiger partial charge < -0.3 is 10.1 Å². The number of ether oxygens (including phenoxy) is 1. The normalized spacial score (nSPS) is 22.2. The summed E-state index contributed by atoms with van der Waals surface area (Å²) in [5.41, 5.74) is -0.0740. The van der Waals surface area contributed by atoms with Crippen LogP contribution in [0.3, 0.4) is 0 Å². The summed E-state index contributed by atoms with van der Waals surface area (Å²) in [5, 5.41) is 2.74. The highest BCUT2D eigenvalue weighted by molar-refractivity contribution is 8.13. The minimum absolute atomic E-state index is 0.0678. The second kappa shape index (κ2) is 6.29. The van der Waals surface area contributed by atoms with Crippen LogP contribution < -0.4 is 5.32 Å². The molecule has 0 bridgehead atoms. The third kappa shape index (κ3) is 4.15. The Morgan fingerprint density at radius 2 is 2.10 bits per heavy atom. The molecule has 1 N–H and O–H groups in total. The molecule has 8 heteroatoms. The van der Waals surface area contributed by atoms with Crippen LogP contribution in [0, 0.1) is 5.82 Å². The lowest BCUT2D eigenvalue weighted by atomic mass is 10.1. The molecule has 1 saturated carbocycles. The number of nitrogens with one attached hydrogen (secondary N) is 1. The van der Waals surface area contributed by atoms with Gasteiger partial charge in [-0.15, -0.1) is 0 Å². The van der Waals surface area contributed by atoms with Crippen molar-refractivity contribution < 1.29 is 22.3 Å². The van der Waals surface area contributed by atoms with Crippen LogP contribution in [0.1, 0.15) is 29.6 Å². The van der Waals surface area contributed by atoms with Crippen molar-refractivity contribution in [2.24, 2.45) is 0 Å². The van der Waals surface area contributed by atoms with E-state index in [-0.39, 0.29) is 17.7 Å². The topological polar surface area (TPSA) is 72.5 Å². The Morgan fingerprint density at radius 3 is 2.67 bits per heavy atom. The second-order valence-corrected chi connectivity index (χ2v) is 7.52. The van der Waals surface area contributed by atoms with Crippen LogP contribution in [0.15, 0.2) is 23.1 Å². The van der Waals surface area contributed by atoms with Crippen molar-refractivity contribution >= 4 is 25.6 Å². The highest BCUT2D eigenvalue weighted by Gasteiger charge is 2.26. The van der Waals surface area contributed by atoms with Crippen LogP contribution >= 0.6 is 10.7 Å². The Hall–Kier alpha value is -1.18. The molecule has 0 radical (unpaired) electrons. The highest BCUT2D eigenvalue weighted by Crippen LogP contribution is 2.23. The SMILES string of the molecule is COC1CCC(NC(=O)c2cc(F)cc(S(=O)(=O)Cl)c2)C1. The van der Waals surface area contributed by atoms with Crippen LogP contribution in [0.5, 0.6) is 0 Å². The number of hydrogen-bond donors (Lipinski definition) is 1. The molecule has 2 unspecified atom stereocenters. The van der Waals surface area contributed by atoms with E-state index in [1.807, 2.05) is 0 Å². The number of hydrogen-bond acceptors (Lipinski definition) is 4. The first-order chi connectivity index (χ1) is 9.79. The Labute approximate surface area is 126 Å². The van der Waals surface area contributed by atoms with Gasteiger partial charge in [0.15, 0.2) is 0 Å². The monoisotopic (exact) mass is 335 g/mol. The number of carbonyl (C=O) groups excluding carboxylic acids is 1. The third-order valence-corrected chi connectivity index (χ3v) is 4.80. The minimum atomic E-state index is -4.09. The molecule has 1 aliphatic rings. The van der Waals surface area contributed by atoms with Gasteiger partial charge >= 0.3 is 0 Å². The van der Waals surface area contributed by atoms with E-state index in [0.717, 1.165) is 31.0 Å². The van der Waals surface area contributed by atoms with Crippen molar-refractivity contribution in [2.45, 2.75) is 36.3 Å². The van der Waals surface area contributed by atoms with Gasteiger partial charge in [0.25, 0.3) is 15.0 Å². The Kier molecular flexibility index (Phi) is 4.85. The van der Waals surface area contributed by atoms with E-state index in [9.17, 15) is 17.6 Å². The fourth-order valence-electron chi connectivity index (χ4n) is 2.39. The van der Waals surface area contributed by atoms with Gasteiger partial charge in [-0.25, -0.2) is 12.8 Å². The minimum Gasteiger partial charge on any atom is -0.381 e. The number of amides is 1. The molecule has 1 aromatic carbocycles. The number of benzene rings is 1. The summed E-state index contributed by atoms with van der Waals surface area (Å²) in [6, 6.07) is 2.74. The Balaban J connectivity index is 2.15. The Morgan fingerprint density at radius 1 is 1.38 bits per heavy atom. The lowest BCUT2D eigenvalue weighted by Gasteiger charge is -2.13. The molecule has 0 spiro atoms. The van der Waals surface area contributed by atoms with E-state index in [2.05, 4.69) is 5.32 Å². The van der Waals surface area contributed by atoms with Crippen LogP contribution in [0.25, 0.3) is 0 Å². The van der Waals surface area contributed by atoms with Crippen LogP contribution in [0.4, 0.5) is 4.39 Å². The highest BCUT2D eigenvalue weighted by atomic mass is 35.7. The second-order valence-electron chi connectivity index (χ2n) is 4.95. The summed E-state index contributed by atoms with van der Waals surface area (Å²) in [5.74, 6) is -1.36. The molecule has 2 rings (SSSR count). The van der Waals surface area contributed by atoms with Crippen molar-refractivity contribution in [3.8, 4) is 0 Å². The smallest absolute Gasteiger partial charge is 0.261 e. The van der Waals surface area contributed by atoms with Crippen molar-refractivity contribution in [3.63, 3.8) is 0 Å². The molecule has 1 amide bonds. The lowest BCUT2D eigenvalue weighted by Crippen LogP contribution is -2.33. The van der Waals surface area contributed by atoms with Crippen molar-refractivity contribution in [3.05, 3.63) is 29.6 Å². The van der Waals surface area contributed by atoms with Crippen molar-refractivity contribution in [1.29, 1.82) is 0 Å². The molecule has 0 heterocycles. The van der Waals surface area contributed by atoms with Gasteiger partial charge in [0.05, 0.1) is 11.0 Å². The average molecular weight is 336 g/mol. The van der Waals surface area contributed by atoms with Gasteiger partial charge in [-0.3, -0.25) is 4.79 Å². The average Bonchev–Trinajstić information content (AvgIpc) is 2.84. The zero-order valence-corrected chi connectivity index (χ0v) is 12.9. The van der Waals surface area contributed by atoms with Gasteiger partial charge in [-0.05, 0) is 37.5 Å². The summed E-state index contributed by atoms with van der Waals surface area (Å²) in [6.45, 7) is 0. The van der Waals surface area contributed by atoms with Crippen molar-refractivity contribution in [2.75, 3.05) is 7.11 Å². The van der Waals surface area contributed by atoms with Gasteiger partial charge in [0, 0.05) is 29.4 Å². The quantitative estimate of drug-likeness (QED) is 0.855. The summed E-state index contributed by atoms with van der Waals surface area (Å²) in [7, 11) is 2.69. The molecule has 1 aliphatic carbocycles. The molecular weight excluding hydrogens is 321 g/mol. The molecule has 0 saturated heterocycles. The Bertz CT molecular complexity index is 650. The maximum atomic E-state index is 13.4. The van der Waals surface area contributed by atoms with Gasteiger partial charge in [0.1, 0.15) is 5.82 Å². The molecule has 21 heavy (non-hydrogen) atoms. The standard InChI is InChI=1S/C13H15ClFNO4S/c1-20-11-3-2-10(7-11)16-13(17)8-4-9(15)6-12(5-8)21(14,18)19/h4-6,10-11H,2-3,7H2,1H3,(H,16,17). The van der Waals surface area contributed by atoms with Crippen LogP contribution in [0.2, 0.25) is 0 Å². The van der Waals surface area contributed by atoms with Crippen LogP contribution in [-0.4, -0.2) is 33.6 Å². The fourth-order valence-corrected chi connectivity index (χ4v) is 3.18. The maximum Gasteiger partial charge on any atom is 0.261 e. The largest absolute Gasteiger partial charge is 0.381 e. The van der Waals surface area contributed by atoms with E-state index in [4.69, 9.17) is 15.4 Å². The van der Waals surface area contributed by atoms with E-state index in [1.165, 1.54) is 0 Å². The van der Waals surface area contributed by atoms with Gasteiger partial charge in [-0.1, -0.05) is 0 Å². The molecule has 116 valence electrons. The number of carbonyl (C=O) groups is 1. The van der Waals surface area contributed by atoms with E-state index >= 15 is 0 Å². The molecular formula is C13H15ClFNO4S. The predicted octanol–water partition coefficient (Wildman–Crippen LogP) is 2.05. The predicted molar refractivity (Wildman–Crippen MR) is 75.3 cm³/mol. The van der Waals surface area contributed by atoms with Gasteiger partial charge in [0.2, 0.25) is 0 Å². The summed E-state index contributed by atoms with van der Waals surface area (Å²) < 4.78 is 41.1. The molecule has 0 aromatic heterocycles. The number of rotatable bonds is 4. The maximum absolute atomic E-state index is 13.4. The molecule has 2 atom stereocenters. The molecule has 5 nitrogen and oxygen atoms in total. The summed E-state index contributed by atoms with van der Waals surface area (Å²) in [4.78, 5) is 11.6. The molecule has 1 aromatic rings. The first-order valence-electron chi connectivity index (χ1n) is 6.38. The van der Waals surface area contributed by atoms with Crippen LogP contribution in [-0.2, 0) is 13.8 Å². The third-order valence-electron chi connectivity index (χ3n) is 3.47. The first-order valence-corrected chi connectivity index (χ1v) is 8.69. The first kappa shape index (κ1) is 16.2. The fraction of sp³-hybridized carbons (Fsp3) is 0.462. The van der Waals surface area contributed by atoms with E-state index < -0.39 is 25.7 Å². The lowest BCUT2D eigenvalue weighted by molar-refractivity contribution is 0.0914. The van der Waals surface area contributed by atoms with Crippen molar-refractivity contribution in [1.82, 2.24) is 5.32 Å². The molecule has 0 aliphatic heterocycles. The molecule has 1 fully saturated rings. The zero-order valence-electron chi connectivity index (χ0n) is 11.3. The zero-order chi connectivity index (χ0) is 15.6. The number of halogens is 2. The summed E-state index contributed by atoms with van der Waals surface area (Å²) in [6.07, 6.45) is 2.38. The van der Waals surface area contributed by atoms with Gasteiger partial charge in [-0.2, -0.15) is 0 Å².